The predicted octanol–water partition coefficient (Wildman–Crippen LogP) is 2.92. The fourth-order valence-electron chi connectivity index (χ4n) is 3.30. The number of unbranched alkanes of at least 4 members (excludes halogenated alkanes) is 1. The molecule has 0 spiro atoms. The Morgan fingerprint density at radius 3 is 2.62 bits per heavy atom. The normalized spacial score (nSPS) is 23.3. The molecule has 6 nitrogen and oxygen atoms in total. The molecule has 0 aromatic heterocycles. The number of hydrogen-bond donors (Lipinski definition) is 3. The molecule has 1 aliphatic carbocycles. The molecule has 0 bridgehead atoms. The molecule has 0 heterocycles. The minimum atomic E-state index is -0.987. The van der Waals surface area contributed by atoms with E-state index in [4.69, 9.17) is 15.6 Å². The van der Waals surface area contributed by atoms with E-state index in [0.29, 0.717) is 50.2 Å². The second-order valence-corrected chi connectivity index (χ2v) is 6.61. The molecular formula is C18H32N2O4. The van der Waals surface area contributed by atoms with Gasteiger partial charge in [-0.25, -0.2) is 4.79 Å². The van der Waals surface area contributed by atoms with Gasteiger partial charge in [0.2, 0.25) is 0 Å². The lowest BCUT2D eigenvalue weighted by atomic mass is 10.1. The van der Waals surface area contributed by atoms with Crippen molar-refractivity contribution in [3.63, 3.8) is 0 Å². The van der Waals surface area contributed by atoms with Gasteiger partial charge in [-0.3, -0.25) is 4.79 Å². The Balaban J connectivity index is 2.10. The number of ether oxygens (including phenoxy) is 1. The van der Waals surface area contributed by atoms with Crippen LogP contribution in [0.3, 0.4) is 0 Å². The second kappa shape index (κ2) is 11.1. The third-order valence-corrected chi connectivity index (χ3v) is 4.77. The number of nitrogens with one attached hydrogen (secondary N) is 1. The SMILES string of the molecule is C=CCC[C@H]1[C@@H](CCC)[C@@H]1COC(=O)NCCCC[C@H](N)C(=O)O. The molecule has 138 valence electrons. The molecule has 0 unspecified atom stereocenters. The lowest BCUT2D eigenvalue weighted by Crippen LogP contribution is -2.30. The highest BCUT2D eigenvalue weighted by Gasteiger charge is 2.48. The van der Waals surface area contributed by atoms with E-state index in [9.17, 15) is 9.59 Å². The molecule has 4 atom stereocenters. The Kier molecular flexibility index (Phi) is 9.45. The molecule has 0 aromatic carbocycles. The number of hydrogen-bond acceptors (Lipinski definition) is 4. The van der Waals surface area contributed by atoms with E-state index in [0.717, 1.165) is 19.3 Å². The van der Waals surface area contributed by atoms with Gasteiger partial charge in [0.25, 0.3) is 0 Å². The smallest absolute Gasteiger partial charge is 0.407 e. The summed E-state index contributed by atoms with van der Waals surface area (Å²) in [5.41, 5.74) is 5.41. The Labute approximate surface area is 144 Å². The number of allylic oxidation sites excluding steroid dienone is 1. The van der Waals surface area contributed by atoms with E-state index >= 15 is 0 Å². The summed E-state index contributed by atoms with van der Waals surface area (Å²) in [5, 5.41) is 11.4. The van der Waals surface area contributed by atoms with Crippen LogP contribution in [0, 0.1) is 17.8 Å². The number of aliphatic carboxylic acids is 1. The number of carboxylic acids is 1. The van der Waals surface area contributed by atoms with Gasteiger partial charge in [0, 0.05) is 6.54 Å². The van der Waals surface area contributed by atoms with Crippen LogP contribution >= 0.6 is 0 Å². The van der Waals surface area contributed by atoms with Crippen molar-refractivity contribution in [3.8, 4) is 0 Å². The summed E-state index contributed by atoms with van der Waals surface area (Å²) < 4.78 is 5.32. The number of carbonyl (C=O) groups excluding carboxylic acids is 1. The van der Waals surface area contributed by atoms with Crippen LogP contribution in [0.1, 0.15) is 51.9 Å². The number of alkyl carbamates (subject to hydrolysis) is 1. The zero-order valence-electron chi connectivity index (χ0n) is 14.7. The van der Waals surface area contributed by atoms with E-state index in [1.54, 1.807) is 0 Å². The maximum Gasteiger partial charge on any atom is 0.407 e. The van der Waals surface area contributed by atoms with Gasteiger partial charge in [0.05, 0.1) is 6.61 Å². The van der Waals surface area contributed by atoms with E-state index in [1.165, 1.54) is 6.42 Å². The monoisotopic (exact) mass is 340 g/mol. The first-order chi connectivity index (χ1) is 11.5. The van der Waals surface area contributed by atoms with Crippen LogP contribution in [0.25, 0.3) is 0 Å². The second-order valence-electron chi connectivity index (χ2n) is 6.61. The van der Waals surface area contributed by atoms with E-state index in [2.05, 4.69) is 18.8 Å². The van der Waals surface area contributed by atoms with Crippen molar-refractivity contribution in [1.82, 2.24) is 5.32 Å². The number of amides is 1. The Morgan fingerprint density at radius 1 is 1.29 bits per heavy atom. The van der Waals surface area contributed by atoms with Gasteiger partial charge in [-0.05, 0) is 49.9 Å². The van der Waals surface area contributed by atoms with Gasteiger partial charge in [0.1, 0.15) is 6.04 Å². The highest BCUT2D eigenvalue weighted by molar-refractivity contribution is 5.72. The van der Waals surface area contributed by atoms with Gasteiger partial charge in [-0.2, -0.15) is 0 Å². The fraction of sp³-hybridized carbons (Fsp3) is 0.778. The standard InChI is InChI=1S/C18H32N2O4/c1-3-5-9-14-13(8-4-2)15(14)12-24-18(23)20-11-7-6-10-16(19)17(21)22/h3,13-16H,1,4-12,19H2,2H3,(H,20,23)(H,21,22)/t13-,14+,15+,16+/m1/s1. The third-order valence-electron chi connectivity index (χ3n) is 4.77. The van der Waals surface area contributed by atoms with Crippen LogP contribution < -0.4 is 11.1 Å². The van der Waals surface area contributed by atoms with Crippen molar-refractivity contribution in [2.24, 2.45) is 23.5 Å². The van der Waals surface area contributed by atoms with Gasteiger partial charge in [-0.1, -0.05) is 25.8 Å². The summed E-state index contributed by atoms with van der Waals surface area (Å²) in [4.78, 5) is 22.3. The molecule has 1 fully saturated rings. The van der Waals surface area contributed by atoms with Crippen LogP contribution in [0.5, 0.6) is 0 Å². The van der Waals surface area contributed by atoms with Crippen molar-refractivity contribution in [2.45, 2.75) is 57.9 Å². The molecule has 0 radical (unpaired) electrons. The molecule has 0 saturated heterocycles. The largest absolute Gasteiger partial charge is 0.480 e. The molecule has 0 aliphatic heterocycles. The fourth-order valence-corrected chi connectivity index (χ4v) is 3.30. The first kappa shape index (κ1) is 20.5. The number of rotatable bonds is 13. The van der Waals surface area contributed by atoms with Gasteiger partial charge >= 0.3 is 12.1 Å². The zero-order chi connectivity index (χ0) is 17.9. The van der Waals surface area contributed by atoms with Crippen LogP contribution in [0.15, 0.2) is 12.7 Å². The van der Waals surface area contributed by atoms with Crippen molar-refractivity contribution in [2.75, 3.05) is 13.2 Å². The van der Waals surface area contributed by atoms with Crippen LogP contribution in [0.4, 0.5) is 4.79 Å². The summed E-state index contributed by atoms with van der Waals surface area (Å²) in [6, 6.07) is -0.824. The van der Waals surface area contributed by atoms with Crippen molar-refractivity contribution >= 4 is 12.1 Å². The van der Waals surface area contributed by atoms with Crippen LogP contribution in [-0.2, 0) is 9.53 Å². The molecule has 1 aliphatic rings. The first-order valence-corrected chi connectivity index (χ1v) is 9.01. The quantitative estimate of drug-likeness (QED) is 0.353. The summed E-state index contributed by atoms with van der Waals surface area (Å²) in [7, 11) is 0. The van der Waals surface area contributed by atoms with Crippen molar-refractivity contribution < 1.29 is 19.4 Å². The maximum atomic E-state index is 11.7. The molecular weight excluding hydrogens is 308 g/mol. The van der Waals surface area contributed by atoms with Crippen molar-refractivity contribution in [1.29, 1.82) is 0 Å². The Morgan fingerprint density at radius 2 is 2.00 bits per heavy atom. The molecule has 1 rings (SSSR count). The topological polar surface area (TPSA) is 102 Å². The minimum absolute atomic E-state index is 0.387. The summed E-state index contributed by atoms with van der Waals surface area (Å²) in [5.74, 6) is 0.845. The molecule has 0 aromatic rings. The lowest BCUT2D eigenvalue weighted by Gasteiger charge is -2.08. The third kappa shape index (κ3) is 7.34. The average molecular weight is 340 g/mol. The van der Waals surface area contributed by atoms with E-state index in [1.807, 2.05) is 6.08 Å². The maximum absolute atomic E-state index is 11.7. The van der Waals surface area contributed by atoms with E-state index < -0.39 is 12.0 Å². The van der Waals surface area contributed by atoms with Crippen molar-refractivity contribution in [3.05, 3.63) is 12.7 Å². The van der Waals surface area contributed by atoms with Crippen LogP contribution in [0.2, 0.25) is 0 Å². The molecule has 1 amide bonds. The van der Waals surface area contributed by atoms with Crippen LogP contribution in [-0.4, -0.2) is 36.4 Å². The van der Waals surface area contributed by atoms with Gasteiger partial charge in [-0.15, -0.1) is 6.58 Å². The number of carboxylic acid groups (broad SMARTS) is 1. The number of nitrogens with two attached hydrogens (primary N) is 1. The highest BCUT2D eigenvalue weighted by atomic mass is 16.5. The molecule has 1 saturated carbocycles. The Bertz CT molecular complexity index is 414. The summed E-state index contributed by atoms with van der Waals surface area (Å²) >= 11 is 0. The lowest BCUT2D eigenvalue weighted by molar-refractivity contribution is -0.138. The zero-order valence-corrected chi connectivity index (χ0v) is 14.7. The highest BCUT2D eigenvalue weighted by Crippen LogP contribution is 2.52. The predicted molar refractivity (Wildman–Crippen MR) is 93.6 cm³/mol. The Hall–Kier alpha value is -1.56. The first-order valence-electron chi connectivity index (χ1n) is 9.01. The number of carbonyl (C=O) groups is 2. The summed E-state index contributed by atoms with van der Waals surface area (Å²) in [6.07, 6.45) is 7.85. The van der Waals surface area contributed by atoms with Gasteiger partial charge < -0.3 is 20.9 Å². The minimum Gasteiger partial charge on any atom is -0.480 e. The molecule has 6 heteroatoms. The molecule has 4 N–H and O–H groups in total. The van der Waals surface area contributed by atoms with E-state index in [-0.39, 0.29) is 6.09 Å². The molecule has 24 heavy (non-hydrogen) atoms. The van der Waals surface area contributed by atoms with Gasteiger partial charge in [0.15, 0.2) is 0 Å². The average Bonchev–Trinajstić information content (AvgIpc) is 3.21. The summed E-state index contributed by atoms with van der Waals surface area (Å²) in [6.45, 7) is 6.92.